The number of hydrogen-bond acceptors (Lipinski definition) is 3. The summed E-state index contributed by atoms with van der Waals surface area (Å²) in [6.45, 7) is 3.68. The van der Waals surface area contributed by atoms with Crippen LogP contribution < -0.4 is 5.32 Å². The Morgan fingerprint density at radius 2 is 2.06 bits per heavy atom. The van der Waals surface area contributed by atoms with Crippen molar-refractivity contribution in [2.24, 2.45) is 0 Å². The molecule has 1 N–H and O–H groups in total. The average molecular weight is 309 g/mol. The Morgan fingerprint density at radius 3 is 2.67 bits per heavy atom. The fraction of sp³-hybridized carbons (Fsp3) is 0.231. The van der Waals surface area contributed by atoms with Crippen molar-refractivity contribution < 1.29 is 9.32 Å². The summed E-state index contributed by atoms with van der Waals surface area (Å²) in [5, 5.41) is 6.70. The van der Waals surface area contributed by atoms with E-state index in [0.29, 0.717) is 23.4 Å². The minimum Gasteiger partial charge on any atom is -0.361 e. The Kier molecular flexibility index (Phi) is 3.81. The molecule has 0 atom stereocenters. The van der Waals surface area contributed by atoms with Crippen LogP contribution in [0.5, 0.6) is 0 Å². The van der Waals surface area contributed by atoms with E-state index in [9.17, 15) is 4.79 Å². The second-order valence-electron chi connectivity index (χ2n) is 3.88. The molecular weight excluding hydrogens is 296 g/mol. The molecule has 0 saturated carbocycles. The molecule has 5 heteroatoms. The summed E-state index contributed by atoms with van der Waals surface area (Å²) in [4.78, 5) is 12.1. The topological polar surface area (TPSA) is 55.1 Å². The Balaban J connectivity index is 2.21. The lowest BCUT2D eigenvalue weighted by molar-refractivity contribution is 0.102. The lowest BCUT2D eigenvalue weighted by Crippen LogP contribution is -2.14. The predicted molar refractivity (Wildman–Crippen MR) is 72.7 cm³/mol. The van der Waals surface area contributed by atoms with Crippen LogP contribution in [-0.2, 0) is 6.42 Å². The van der Waals surface area contributed by atoms with Gasteiger partial charge in [0.25, 0.3) is 5.91 Å². The normalized spacial score (nSPS) is 10.4. The van der Waals surface area contributed by atoms with Gasteiger partial charge >= 0.3 is 0 Å². The molecule has 0 unspecified atom stereocenters. The molecule has 1 amide bonds. The van der Waals surface area contributed by atoms with Crippen LogP contribution in [0.25, 0.3) is 0 Å². The number of anilines is 1. The lowest BCUT2D eigenvalue weighted by atomic mass is 10.1. The third kappa shape index (κ3) is 2.61. The number of amides is 1. The van der Waals surface area contributed by atoms with Crippen LogP contribution in [0.1, 0.15) is 28.7 Å². The Bertz CT molecular complexity index is 561. The quantitative estimate of drug-likeness (QED) is 0.943. The highest BCUT2D eigenvalue weighted by atomic mass is 79.9. The molecular formula is C13H13BrN2O2. The van der Waals surface area contributed by atoms with Gasteiger partial charge in [0.05, 0.1) is 5.69 Å². The third-order valence-electron chi connectivity index (χ3n) is 2.60. The number of benzene rings is 1. The Labute approximate surface area is 113 Å². The molecule has 0 aliphatic heterocycles. The summed E-state index contributed by atoms with van der Waals surface area (Å²) >= 11 is 3.35. The highest BCUT2D eigenvalue weighted by Gasteiger charge is 2.18. The number of carbonyl (C=O) groups excluding carboxylic acids is 1. The standard InChI is InChI=1S/C13H13BrN2O2/c1-3-11-12(8(2)18-16-11)13(17)15-10-6-4-9(14)5-7-10/h4-7H,3H2,1-2H3,(H,15,17). The molecule has 4 nitrogen and oxygen atoms in total. The number of halogens is 1. The van der Waals surface area contributed by atoms with Gasteiger partial charge in [0, 0.05) is 10.2 Å². The maximum Gasteiger partial charge on any atom is 0.261 e. The van der Waals surface area contributed by atoms with Crippen LogP contribution in [0, 0.1) is 6.92 Å². The van der Waals surface area contributed by atoms with Crippen LogP contribution in [0.2, 0.25) is 0 Å². The van der Waals surface area contributed by atoms with Gasteiger partial charge in [-0.2, -0.15) is 0 Å². The van der Waals surface area contributed by atoms with Gasteiger partial charge in [-0.3, -0.25) is 4.79 Å². The van der Waals surface area contributed by atoms with E-state index < -0.39 is 0 Å². The zero-order valence-electron chi connectivity index (χ0n) is 10.2. The smallest absolute Gasteiger partial charge is 0.261 e. The van der Waals surface area contributed by atoms with E-state index in [1.165, 1.54) is 0 Å². The first-order chi connectivity index (χ1) is 8.61. The van der Waals surface area contributed by atoms with Gasteiger partial charge in [-0.05, 0) is 37.6 Å². The Morgan fingerprint density at radius 1 is 1.39 bits per heavy atom. The number of aromatic nitrogens is 1. The van der Waals surface area contributed by atoms with Crippen molar-refractivity contribution in [3.8, 4) is 0 Å². The first-order valence-corrected chi connectivity index (χ1v) is 6.43. The van der Waals surface area contributed by atoms with Crippen LogP contribution >= 0.6 is 15.9 Å². The molecule has 18 heavy (non-hydrogen) atoms. The van der Waals surface area contributed by atoms with E-state index in [4.69, 9.17) is 4.52 Å². The molecule has 0 radical (unpaired) electrons. The molecule has 0 aliphatic carbocycles. The lowest BCUT2D eigenvalue weighted by Gasteiger charge is -2.05. The summed E-state index contributed by atoms with van der Waals surface area (Å²) < 4.78 is 6.01. The molecule has 2 rings (SSSR count). The predicted octanol–water partition coefficient (Wildman–Crippen LogP) is 3.56. The van der Waals surface area contributed by atoms with E-state index in [1.54, 1.807) is 6.92 Å². The second-order valence-corrected chi connectivity index (χ2v) is 4.79. The minimum atomic E-state index is -0.187. The van der Waals surface area contributed by atoms with Crippen LogP contribution in [0.3, 0.4) is 0 Å². The number of aryl methyl sites for hydroxylation is 2. The van der Waals surface area contributed by atoms with Crippen molar-refractivity contribution in [2.75, 3.05) is 5.32 Å². The van der Waals surface area contributed by atoms with Gasteiger partial charge in [-0.1, -0.05) is 28.0 Å². The van der Waals surface area contributed by atoms with Gasteiger partial charge < -0.3 is 9.84 Å². The maximum absolute atomic E-state index is 12.1. The summed E-state index contributed by atoms with van der Waals surface area (Å²) in [7, 11) is 0. The van der Waals surface area contributed by atoms with Gasteiger partial charge in [0.2, 0.25) is 0 Å². The summed E-state index contributed by atoms with van der Waals surface area (Å²) in [6.07, 6.45) is 0.667. The maximum atomic E-state index is 12.1. The number of carbonyl (C=O) groups is 1. The first-order valence-electron chi connectivity index (χ1n) is 5.64. The molecule has 0 spiro atoms. The van der Waals surface area contributed by atoms with Crippen LogP contribution in [0.15, 0.2) is 33.3 Å². The fourth-order valence-electron chi connectivity index (χ4n) is 1.68. The van der Waals surface area contributed by atoms with E-state index in [-0.39, 0.29) is 5.91 Å². The Hall–Kier alpha value is -1.62. The summed E-state index contributed by atoms with van der Waals surface area (Å²) in [5.41, 5.74) is 1.95. The number of hydrogen-bond donors (Lipinski definition) is 1. The van der Waals surface area contributed by atoms with Crippen molar-refractivity contribution in [3.05, 3.63) is 45.8 Å². The number of rotatable bonds is 3. The zero-order valence-corrected chi connectivity index (χ0v) is 11.7. The van der Waals surface area contributed by atoms with Gasteiger partial charge in [0.1, 0.15) is 11.3 Å². The van der Waals surface area contributed by atoms with Crippen molar-refractivity contribution in [3.63, 3.8) is 0 Å². The number of nitrogens with zero attached hydrogens (tertiary/aromatic N) is 1. The molecule has 0 bridgehead atoms. The minimum absolute atomic E-state index is 0.187. The van der Waals surface area contributed by atoms with Crippen LogP contribution in [0.4, 0.5) is 5.69 Å². The SMILES string of the molecule is CCc1noc(C)c1C(=O)Nc1ccc(Br)cc1. The number of nitrogens with one attached hydrogen (secondary N) is 1. The van der Waals surface area contributed by atoms with Gasteiger partial charge in [-0.15, -0.1) is 0 Å². The van der Waals surface area contributed by atoms with Crippen molar-refractivity contribution in [1.29, 1.82) is 0 Å². The third-order valence-corrected chi connectivity index (χ3v) is 3.13. The molecule has 1 aromatic heterocycles. The fourth-order valence-corrected chi connectivity index (χ4v) is 1.94. The molecule has 0 aliphatic rings. The molecule has 1 heterocycles. The average Bonchev–Trinajstić information content (AvgIpc) is 2.73. The van der Waals surface area contributed by atoms with Gasteiger partial charge in [-0.25, -0.2) is 0 Å². The molecule has 94 valence electrons. The highest BCUT2D eigenvalue weighted by Crippen LogP contribution is 2.18. The summed E-state index contributed by atoms with van der Waals surface area (Å²) in [6, 6.07) is 7.40. The highest BCUT2D eigenvalue weighted by molar-refractivity contribution is 9.10. The van der Waals surface area contributed by atoms with Crippen molar-refractivity contribution >= 4 is 27.5 Å². The molecule has 1 aromatic carbocycles. The van der Waals surface area contributed by atoms with E-state index in [1.807, 2.05) is 31.2 Å². The second kappa shape index (κ2) is 5.35. The zero-order chi connectivity index (χ0) is 13.1. The first kappa shape index (κ1) is 12.8. The monoisotopic (exact) mass is 308 g/mol. The molecule has 0 fully saturated rings. The van der Waals surface area contributed by atoms with Crippen molar-refractivity contribution in [2.45, 2.75) is 20.3 Å². The van der Waals surface area contributed by atoms with Crippen LogP contribution in [-0.4, -0.2) is 11.1 Å². The molecule has 0 saturated heterocycles. The van der Waals surface area contributed by atoms with E-state index >= 15 is 0 Å². The molecule has 2 aromatic rings. The summed E-state index contributed by atoms with van der Waals surface area (Å²) in [5.74, 6) is 0.356. The van der Waals surface area contributed by atoms with Gasteiger partial charge in [0.15, 0.2) is 0 Å². The van der Waals surface area contributed by atoms with Crippen molar-refractivity contribution in [1.82, 2.24) is 5.16 Å². The van der Waals surface area contributed by atoms with E-state index in [0.717, 1.165) is 10.2 Å². The van der Waals surface area contributed by atoms with E-state index in [2.05, 4.69) is 26.4 Å². The largest absolute Gasteiger partial charge is 0.361 e.